The average molecular weight is 428 g/mol. The first-order chi connectivity index (χ1) is 16.1. The number of hydrogen-bond acceptors (Lipinski definition) is 3. The highest BCUT2D eigenvalue weighted by Gasteiger charge is 2.54. The summed E-state index contributed by atoms with van der Waals surface area (Å²) in [6.45, 7) is 4.17. The maximum absolute atomic E-state index is 13.1. The SMILES string of the molecule is Cc1ccc2c3c(ccc2c1)C1(OC(=O)c2ccccc21)c1ccc2cc(C)ccc2c1O3. The van der Waals surface area contributed by atoms with Gasteiger partial charge in [-0.3, -0.25) is 0 Å². The van der Waals surface area contributed by atoms with Crippen LogP contribution in [0.5, 0.6) is 11.5 Å². The number of ether oxygens (including phenoxy) is 2. The number of benzene rings is 5. The fourth-order valence-electron chi connectivity index (χ4n) is 5.48. The van der Waals surface area contributed by atoms with Crippen LogP contribution in [0.1, 0.15) is 38.2 Å². The summed E-state index contributed by atoms with van der Waals surface area (Å²) in [4.78, 5) is 13.1. The molecule has 0 aromatic heterocycles. The van der Waals surface area contributed by atoms with Gasteiger partial charge in [-0.2, -0.15) is 0 Å². The molecule has 0 aliphatic carbocycles. The molecule has 1 spiro atoms. The molecule has 158 valence electrons. The predicted molar refractivity (Wildman–Crippen MR) is 129 cm³/mol. The van der Waals surface area contributed by atoms with E-state index in [0.717, 1.165) is 49.7 Å². The Bertz CT molecular complexity index is 1570. The molecular weight excluding hydrogens is 408 g/mol. The third-order valence-electron chi connectivity index (χ3n) is 6.99. The fourth-order valence-corrected chi connectivity index (χ4v) is 5.48. The van der Waals surface area contributed by atoms with E-state index in [4.69, 9.17) is 9.47 Å². The van der Waals surface area contributed by atoms with E-state index in [9.17, 15) is 4.79 Å². The summed E-state index contributed by atoms with van der Waals surface area (Å²) in [7, 11) is 0. The van der Waals surface area contributed by atoms with E-state index in [2.05, 4.69) is 74.5 Å². The Labute approximate surface area is 191 Å². The zero-order chi connectivity index (χ0) is 22.3. The van der Waals surface area contributed by atoms with Crippen molar-refractivity contribution >= 4 is 27.5 Å². The van der Waals surface area contributed by atoms with E-state index in [1.807, 2.05) is 24.3 Å². The predicted octanol–water partition coefficient (Wildman–Crippen LogP) is 7.18. The summed E-state index contributed by atoms with van der Waals surface area (Å²) in [5, 5.41) is 4.21. The van der Waals surface area contributed by atoms with Crippen molar-refractivity contribution in [1.29, 1.82) is 0 Å². The minimum Gasteiger partial charge on any atom is -0.455 e. The summed E-state index contributed by atoms with van der Waals surface area (Å²) in [6, 6.07) is 28.7. The van der Waals surface area contributed by atoms with Gasteiger partial charge in [-0.15, -0.1) is 0 Å². The average Bonchev–Trinajstić information content (AvgIpc) is 3.11. The number of esters is 1. The van der Waals surface area contributed by atoms with E-state index in [1.165, 1.54) is 11.1 Å². The van der Waals surface area contributed by atoms with Crippen molar-refractivity contribution in [2.24, 2.45) is 0 Å². The second kappa shape index (κ2) is 6.23. The molecule has 0 amide bonds. The first-order valence-electron chi connectivity index (χ1n) is 11.1. The van der Waals surface area contributed by atoms with Gasteiger partial charge in [0.1, 0.15) is 11.5 Å². The van der Waals surface area contributed by atoms with Gasteiger partial charge in [0.15, 0.2) is 5.60 Å². The topological polar surface area (TPSA) is 35.5 Å². The van der Waals surface area contributed by atoms with Gasteiger partial charge in [0.2, 0.25) is 0 Å². The minimum atomic E-state index is -1.05. The zero-order valence-corrected chi connectivity index (χ0v) is 18.3. The molecule has 0 atom stereocenters. The van der Waals surface area contributed by atoms with Crippen LogP contribution in [0.3, 0.4) is 0 Å². The smallest absolute Gasteiger partial charge is 0.340 e. The van der Waals surface area contributed by atoms with Gasteiger partial charge in [0, 0.05) is 27.5 Å². The lowest BCUT2D eigenvalue weighted by atomic mass is 9.76. The number of carbonyl (C=O) groups is 1. The lowest BCUT2D eigenvalue weighted by Gasteiger charge is -2.37. The maximum Gasteiger partial charge on any atom is 0.340 e. The molecule has 5 aromatic rings. The number of fused-ring (bicyclic) bond motifs is 10. The van der Waals surface area contributed by atoms with Crippen molar-refractivity contribution in [1.82, 2.24) is 0 Å². The largest absolute Gasteiger partial charge is 0.455 e. The summed E-state index contributed by atoms with van der Waals surface area (Å²) < 4.78 is 13.1. The first kappa shape index (κ1) is 18.5. The maximum atomic E-state index is 13.1. The van der Waals surface area contributed by atoms with Gasteiger partial charge in [-0.1, -0.05) is 77.9 Å². The van der Waals surface area contributed by atoms with Crippen LogP contribution in [0.25, 0.3) is 21.5 Å². The molecule has 2 aliphatic heterocycles. The molecule has 0 fully saturated rings. The van der Waals surface area contributed by atoms with Gasteiger partial charge < -0.3 is 9.47 Å². The second-order valence-electron chi connectivity index (χ2n) is 9.05. The molecule has 2 aliphatic rings. The molecule has 5 aromatic carbocycles. The van der Waals surface area contributed by atoms with Crippen LogP contribution in [0.15, 0.2) is 84.9 Å². The van der Waals surface area contributed by atoms with Crippen molar-refractivity contribution in [3.63, 3.8) is 0 Å². The quantitative estimate of drug-likeness (QED) is 0.245. The molecule has 0 bridgehead atoms. The van der Waals surface area contributed by atoms with Crippen LogP contribution < -0.4 is 4.74 Å². The fraction of sp³-hybridized carbons (Fsp3) is 0.100. The first-order valence-corrected chi connectivity index (χ1v) is 11.1. The zero-order valence-electron chi connectivity index (χ0n) is 18.3. The molecule has 0 unspecified atom stereocenters. The standard InChI is InChI=1S/C30H20O3/c1-17-7-11-21-19(15-17)9-13-25-27(21)32-28-22-12-8-18(2)16-20(22)10-14-26(28)30(25)24-6-4-3-5-23(24)29(31)33-30/h3-16H,1-2H3. The lowest BCUT2D eigenvalue weighted by Crippen LogP contribution is -2.33. The van der Waals surface area contributed by atoms with Crippen LogP contribution in [0, 0.1) is 13.8 Å². The molecule has 3 nitrogen and oxygen atoms in total. The number of hydrogen-bond donors (Lipinski definition) is 0. The van der Waals surface area contributed by atoms with Gasteiger partial charge in [0.05, 0.1) is 5.56 Å². The van der Waals surface area contributed by atoms with Crippen molar-refractivity contribution in [3.05, 3.63) is 118 Å². The monoisotopic (exact) mass is 428 g/mol. The molecule has 0 radical (unpaired) electrons. The van der Waals surface area contributed by atoms with Crippen molar-refractivity contribution in [2.75, 3.05) is 0 Å². The summed E-state index contributed by atoms with van der Waals surface area (Å²) in [6.07, 6.45) is 0. The van der Waals surface area contributed by atoms with Gasteiger partial charge >= 0.3 is 5.97 Å². The molecule has 0 N–H and O–H groups in total. The van der Waals surface area contributed by atoms with E-state index in [1.54, 1.807) is 0 Å². The second-order valence-corrected chi connectivity index (χ2v) is 9.05. The highest BCUT2D eigenvalue weighted by atomic mass is 16.6. The van der Waals surface area contributed by atoms with Gasteiger partial charge in [-0.25, -0.2) is 4.79 Å². The van der Waals surface area contributed by atoms with E-state index in [0.29, 0.717) is 5.56 Å². The normalized spacial score (nSPS) is 15.2. The number of aryl methyl sites for hydroxylation is 2. The Balaban J connectivity index is 1.66. The minimum absolute atomic E-state index is 0.308. The molecule has 2 heterocycles. The molecule has 7 rings (SSSR count). The molecule has 3 heteroatoms. The number of carbonyl (C=O) groups excluding carboxylic acids is 1. The van der Waals surface area contributed by atoms with Gasteiger partial charge in [0.25, 0.3) is 0 Å². The van der Waals surface area contributed by atoms with Crippen LogP contribution in [0.4, 0.5) is 0 Å². The van der Waals surface area contributed by atoms with E-state index >= 15 is 0 Å². The Hall–Kier alpha value is -4.11. The van der Waals surface area contributed by atoms with Crippen molar-refractivity contribution < 1.29 is 14.3 Å². The Morgan fingerprint density at radius 2 is 1.21 bits per heavy atom. The third kappa shape index (κ3) is 2.31. The molecule has 0 saturated heterocycles. The van der Waals surface area contributed by atoms with E-state index in [-0.39, 0.29) is 5.97 Å². The summed E-state index contributed by atoms with van der Waals surface area (Å²) in [5.74, 6) is 1.19. The van der Waals surface area contributed by atoms with Crippen LogP contribution >= 0.6 is 0 Å². The highest BCUT2D eigenvalue weighted by Crippen LogP contribution is 2.58. The Kier molecular flexibility index (Phi) is 3.49. The van der Waals surface area contributed by atoms with Crippen molar-refractivity contribution in [2.45, 2.75) is 19.4 Å². The lowest BCUT2D eigenvalue weighted by molar-refractivity contribution is 0.0226. The van der Waals surface area contributed by atoms with Crippen molar-refractivity contribution in [3.8, 4) is 11.5 Å². The Morgan fingerprint density at radius 3 is 1.82 bits per heavy atom. The third-order valence-corrected chi connectivity index (χ3v) is 6.99. The van der Waals surface area contributed by atoms with Crippen LogP contribution in [-0.4, -0.2) is 5.97 Å². The highest BCUT2D eigenvalue weighted by molar-refractivity contribution is 6.01. The van der Waals surface area contributed by atoms with Crippen LogP contribution in [-0.2, 0) is 10.3 Å². The van der Waals surface area contributed by atoms with Crippen LogP contribution in [0.2, 0.25) is 0 Å². The summed E-state index contributed by atoms with van der Waals surface area (Å²) >= 11 is 0. The molecular formula is C30H20O3. The van der Waals surface area contributed by atoms with Gasteiger partial charge in [-0.05, 0) is 42.8 Å². The summed E-state index contributed by atoms with van der Waals surface area (Å²) in [5.41, 5.74) is 4.50. The Morgan fingerprint density at radius 1 is 0.636 bits per heavy atom. The number of rotatable bonds is 0. The molecule has 33 heavy (non-hydrogen) atoms. The molecule has 0 saturated carbocycles. The van der Waals surface area contributed by atoms with E-state index < -0.39 is 5.60 Å².